The predicted octanol–water partition coefficient (Wildman–Crippen LogP) is 12.3. The van der Waals surface area contributed by atoms with Gasteiger partial charge in [0.15, 0.2) is 0 Å². The second-order valence-corrected chi connectivity index (χ2v) is 17.9. The minimum Gasteiger partial charge on any atom is -0.378 e. The summed E-state index contributed by atoms with van der Waals surface area (Å²) in [6.45, 7) is 1.68. The zero-order valence-electron chi connectivity index (χ0n) is 39.0. The number of carbonyl (C=O) groups excluding carboxylic acids is 4. The zero-order valence-corrected chi connectivity index (χ0v) is 38.0. The van der Waals surface area contributed by atoms with E-state index in [1.165, 1.54) is 12.1 Å². The summed E-state index contributed by atoms with van der Waals surface area (Å²) < 4.78 is 107. The summed E-state index contributed by atoms with van der Waals surface area (Å²) in [7, 11) is 7.40. The molecule has 15 heteroatoms. The van der Waals surface area contributed by atoms with Crippen LogP contribution in [0.5, 0.6) is 0 Å². The number of nitrogens with zero attached hydrogens (tertiary/aromatic N) is 4. The van der Waals surface area contributed by atoms with Crippen LogP contribution in [0.15, 0.2) is 152 Å². The molecule has 2 aliphatic heterocycles. The number of carbonyl (C=O) groups is 4. The topological polar surface area (TPSA) is 81.2 Å². The second kappa shape index (κ2) is 17.1. The molecular formula is C56H45F7N4O4. The van der Waals surface area contributed by atoms with E-state index in [0.29, 0.717) is 40.4 Å². The Morgan fingerprint density at radius 1 is 0.479 bits per heavy atom. The van der Waals surface area contributed by atoms with Gasteiger partial charge in [-0.15, -0.1) is 0 Å². The van der Waals surface area contributed by atoms with Crippen LogP contribution in [0.25, 0.3) is 11.1 Å². The monoisotopic (exact) mass is 971 g/mol. The maximum atomic E-state index is 15.6. The number of rotatable bonds is 8. The predicted molar refractivity (Wildman–Crippen MR) is 261 cm³/mol. The fourth-order valence-electron chi connectivity index (χ4n) is 10.5. The van der Waals surface area contributed by atoms with E-state index in [1.54, 1.807) is 50.2 Å². The molecule has 0 bridgehead atoms. The lowest BCUT2D eigenvalue weighted by Gasteiger charge is -2.38. The molecule has 7 aromatic rings. The molecule has 362 valence electrons. The van der Waals surface area contributed by atoms with Crippen molar-refractivity contribution in [2.45, 2.75) is 37.5 Å². The van der Waals surface area contributed by atoms with Gasteiger partial charge in [-0.2, -0.15) is 26.3 Å². The number of halogens is 7. The van der Waals surface area contributed by atoms with Crippen molar-refractivity contribution < 1.29 is 50.2 Å². The largest absolute Gasteiger partial charge is 0.411 e. The molecule has 0 aromatic heterocycles. The van der Waals surface area contributed by atoms with Crippen molar-refractivity contribution in [2.75, 3.05) is 47.8 Å². The number of hydrogen-bond donors (Lipinski definition) is 0. The summed E-state index contributed by atoms with van der Waals surface area (Å²) >= 11 is 0. The van der Waals surface area contributed by atoms with E-state index in [1.807, 2.05) is 61.5 Å². The van der Waals surface area contributed by atoms with Crippen LogP contribution in [-0.4, -0.2) is 65.6 Å². The van der Waals surface area contributed by atoms with Gasteiger partial charge in [-0.3, -0.25) is 23.9 Å². The van der Waals surface area contributed by atoms with Gasteiger partial charge in [0, 0.05) is 39.6 Å². The van der Waals surface area contributed by atoms with Crippen molar-refractivity contribution in [1.29, 1.82) is 1.45 Å². The standard InChI is InChI=1S/C55H40F6N4O4.CH4.FH/c1-31-28-33(52(32-14-19-36(20-15-32)62(2)3)45-12-8-6-10-39(45)40-11-7-9-13-46(40)52)18-27-47(31)65-49(67)42-26-17-35(30-44(42)51(65)69)53(54(56,57)58,55(59,60)61)34-16-25-41-43(29-34)50(68)64(48(41)66)38-23-21-37(22-24-38)63(4)5;;/h6-30H,1-5H3;1H4;1H/i/hD. The molecule has 0 spiro atoms. The summed E-state index contributed by atoms with van der Waals surface area (Å²) in [5, 5.41) is 0. The highest BCUT2D eigenvalue weighted by Gasteiger charge is 2.73. The van der Waals surface area contributed by atoms with Gasteiger partial charge in [-0.25, -0.2) is 9.80 Å². The van der Waals surface area contributed by atoms with E-state index < -0.39 is 74.6 Å². The third kappa shape index (κ3) is 6.95. The Morgan fingerprint density at radius 2 is 0.887 bits per heavy atom. The van der Waals surface area contributed by atoms with Crippen LogP contribution < -0.4 is 19.6 Å². The third-order valence-corrected chi connectivity index (χ3v) is 13.8. The molecule has 4 amide bonds. The van der Waals surface area contributed by atoms with Gasteiger partial charge in [-0.05, 0) is 124 Å². The van der Waals surface area contributed by atoms with Crippen molar-refractivity contribution in [2.24, 2.45) is 0 Å². The number of fused-ring (bicyclic) bond motifs is 5. The fourth-order valence-corrected chi connectivity index (χ4v) is 10.5. The molecule has 3 aliphatic rings. The van der Waals surface area contributed by atoms with Crippen LogP contribution in [0.2, 0.25) is 0 Å². The Kier molecular flexibility index (Phi) is 11.6. The van der Waals surface area contributed by atoms with Crippen LogP contribution >= 0.6 is 0 Å². The number of anilines is 4. The first kappa shape index (κ1) is 48.0. The number of hydrogen-bond acceptors (Lipinski definition) is 6. The van der Waals surface area contributed by atoms with Crippen molar-refractivity contribution in [3.05, 3.63) is 213 Å². The first-order valence-corrected chi connectivity index (χ1v) is 21.8. The molecular weight excluding hydrogens is 926 g/mol. The van der Waals surface area contributed by atoms with E-state index in [2.05, 4.69) is 37.8 Å². The summed E-state index contributed by atoms with van der Waals surface area (Å²) in [5.74, 6) is -4.11. The molecule has 0 saturated heterocycles. The van der Waals surface area contributed by atoms with Gasteiger partial charge >= 0.3 is 12.4 Å². The molecule has 0 fully saturated rings. The molecule has 0 atom stereocenters. The van der Waals surface area contributed by atoms with Crippen LogP contribution in [0, 0.1) is 6.92 Å². The molecule has 1 aliphatic carbocycles. The highest BCUT2D eigenvalue weighted by molar-refractivity contribution is 6.35. The Labute approximate surface area is 406 Å². The third-order valence-electron chi connectivity index (χ3n) is 13.8. The summed E-state index contributed by atoms with van der Waals surface area (Å²) in [4.78, 5) is 61.1. The average Bonchev–Trinajstić information content (AvgIpc) is 3.89. The van der Waals surface area contributed by atoms with E-state index >= 15 is 26.3 Å². The number of imide groups is 2. The minimum atomic E-state index is -6.13. The molecule has 2 heterocycles. The molecule has 8 nitrogen and oxygen atoms in total. The smallest absolute Gasteiger partial charge is 0.378 e. The molecule has 0 saturated carbocycles. The summed E-state index contributed by atoms with van der Waals surface area (Å²) in [6.07, 6.45) is -12.3. The lowest BCUT2D eigenvalue weighted by molar-refractivity contribution is -0.288. The van der Waals surface area contributed by atoms with Crippen molar-refractivity contribution in [3.8, 4) is 11.1 Å². The second-order valence-electron chi connectivity index (χ2n) is 17.9. The normalized spacial score (nSPS) is 14.7. The lowest BCUT2D eigenvalue weighted by Crippen LogP contribution is -2.55. The van der Waals surface area contributed by atoms with Gasteiger partial charge < -0.3 is 9.80 Å². The Balaban J connectivity index is 0.00000228. The lowest BCUT2D eigenvalue weighted by atomic mass is 9.67. The number of alkyl halides is 6. The SMILES string of the molecule is C.Cc1cc(C2(c3ccc(N(C)C)cc3)c3ccccc3-c3ccccc32)ccc1N1C(=O)c2ccc(C(c3ccc4c(c3)C(=O)N(c3ccc(N(C)C)cc3)C4=O)(C(F)(F)F)C(F)(F)F)cc2C1=O.[2H]F. The molecule has 0 radical (unpaired) electrons. The quantitative estimate of drug-likeness (QED) is 0.111. The van der Waals surface area contributed by atoms with Gasteiger partial charge in [-0.1, -0.05) is 92.4 Å². The van der Waals surface area contributed by atoms with Crippen LogP contribution in [0.4, 0.5) is 53.8 Å². The fraction of sp³-hybridized carbons (Fsp3) is 0.179. The van der Waals surface area contributed by atoms with Crippen LogP contribution in [0.3, 0.4) is 0 Å². The number of benzene rings is 7. The van der Waals surface area contributed by atoms with Crippen molar-refractivity contribution >= 4 is 46.4 Å². The van der Waals surface area contributed by atoms with E-state index in [9.17, 15) is 19.2 Å². The molecule has 0 unspecified atom stereocenters. The molecule has 71 heavy (non-hydrogen) atoms. The first-order valence-electron chi connectivity index (χ1n) is 22.2. The van der Waals surface area contributed by atoms with Crippen molar-refractivity contribution in [1.82, 2.24) is 0 Å². The zero-order chi connectivity index (χ0) is 51.1. The molecule has 7 aromatic carbocycles. The Morgan fingerprint density at radius 3 is 1.34 bits per heavy atom. The Bertz CT molecular complexity index is 3280. The highest BCUT2D eigenvalue weighted by atomic mass is 19.4. The van der Waals surface area contributed by atoms with E-state index in [4.69, 9.17) is 4.72 Å². The molecule has 0 N–H and O–H groups in total. The van der Waals surface area contributed by atoms with Crippen molar-refractivity contribution in [3.63, 3.8) is 0 Å². The number of amides is 4. The number of aryl methyl sites for hydroxylation is 1. The maximum absolute atomic E-state index is 15.6. The van der Waals surface area contributed by atoms with Gasteiger partial charge in [0.1, 0.15) is 0 Å². The van der Waals surface area contributed by atoms with Gasteiger partial charge in [0.05, 0.1) is 39.0 Å². The molecule has 10 rings (SSSR count). The average molecular weight is 972 g/mol. The highest BCUT2D eigenvalue weighted by Crippen LogP contribution is 2.59. The van der Waals surface area contributed by atoms with E-state index in [-0.39, 0.29) is 24.4 Å². The van der Waals surface area contributed by atoms with Crippen LogP contribution in [0.1, 0.15) is 87.8 Å². The summed E-state index contributed by atoms with van der Waals surface area (Å²) in [6, 6.07) is 39.0. The Hall–Kier alpha value is -8.07. The summed E-state index contributed by atoms with van der Waals surface area (Å²) in [5.41, 5.74) is -2.62. The van der Waals surface area contributed by atoms with Crippen LogP contribution in [-0.2, 0) is 10.8 Å². The van der Waals surface area contributed by atoms with Gasteiger partial charge in [0.25, 0.3) is 25.1 Å². The minimum absolute atomic E-state index is 0. The maximum Gasteiger partial charge on any atom is 0.411 e. The van der Waals surface area contributed by atoms with Gasteiger partial charge in [0.2, 0.25) is 5.41 Å². The van der Waals surface area contributed by atoms with E-state index in [0.717, 1.165) is 56.1 Å². The first-order chi connectivity index (χ1) is 33.7.